The third-order valence-corrected chi connectivity index (χ3v) is 6.17. The molecule has 3 aromatic heterocycles. The first-order valence-electron chi connectivity index (χ1n) is 9.76. The Bertz CT molecular complexity index is 1260. The van der Waals surface area contributed by atoms with E-state index in [-0.39, 0.29) is 17.3 Å². The van der Waals surface area contributed by atoms with E-state index in [2.05, 4.69) is 24.8 Å². The largest absolute Gasteiger partial charge is 0.352 e. The van der Waals surface area contributed by atoms with Gasteiger partial charge in [-0.15, -0.1) is 0 Å². The number of H-pyrrole nitrogens is 2. The predicted octanol–water partition coefficient (Wildman–Crippen LogP) is 3.07. The molecule has 29 heavy (non-hydrogen) atoms. The van der Waals surface area contributed by atoms with E-state index in [1.807, 2.05) is 17.2 Å². The quantitative estimate of drug-likeness (QED) is 0.551. The van der Waals surface area contributed by atoms with Gasteiger partial charge >= 0.3 is 0 Å². The van der Waals surface area contributed by atoms with Crippen molar-refractivity contribution in [2.45, 2.75) is 18.4 Å². The summed E-state index contributed by atoms with van der Waals surface area (Å²) in [4.78, 5) is 32.6. The van der Waals surface area contributed by atoms with Crippen molar-refractivity contribution in [3.63, 3.8) is 0 Å². The zero-order valence-corrected chi connectivity index (χ0v) is 15.7. The summed E-state index contributed by atoms with van der Waals surface area (Å²) in [6.07, 6.45) is 5.40. The van der Waals surface area contributed by atoms with E-state index >= 15 is 0 Å². The Labute approximate surface area is 165 Å². The molecule has 1 saturated heterocycles. The van der Waals surface area contributed by atoms with Crippen molar-refractivity contribution in [1.82, 2.24) is 24.8 Å². The van der Waals surface area contributed by atoms with Crippen LogP contribution in [0, 0.1) is 5.82 Å². The smallest absolute Gasteiger partial charge is 0.270 e. The van der Waals surface area contributed by atoms with Crippen molar-refractivity contribution in [3.05, 3.63) is 54.4 Å². The van der Waals surface area contributed by atoms with Gasteiger partial charge in [0.15, 0.2) is 0 Å². The molecule has 4 heterocycles. The minimum absolute atomic E-state index is 0.0202. The van der Waals surface area contributed by atoms with E-state index in [1.165, 1.54) is 12.1 Å². The topological polar surface area (TPSA) is 80.9 Å². The molecule has 0 bridgehead atoms. The summed E-state index contributed by atoms with van der Waals surface area (Å²) in [5, 5.41) is 1.72. The lowest BCUT2D eigenvalue weighted by atomic mass is 10.1. The van der Waals surface area contributed by atoms with Crippen molar-refractivity contribution in [2.75, 3.05) is 24.5 Å². The summed E-state index contributed by atoms with van der Waals surface area (Å²) in [6, 6.07) is 8.26. The van der Waals surface area contributed by atoms with Crippen molar-refractivity contribution in [3.8, 4) is 0 Å². The van der Waals surface area contributed by atoms with Crippen LogP contribution in [0.4, 0.5) is 10.2 Å². The Hall–Kier alpha value is -3.42. The van der Waals surface area contributed by atoms with Gasteiger partial charge in [0.2, 0.25) is 0 Å². The lowest BCUT2D eigenvalue weighted by molar-refractivity contribution is 0.0619. The number of nitrogens with one attached hydrogen (secondary N) is 2. The van der Waals surface area contributed by atoms with Gasteiger partial charge in [0.25, 0.3) is 5.91 Å². The number of piperazine rings is 1. The first kappa shape index (κ1) is 16.5. The fourth-order valence-electron chi connectivity index (χ4n) is 4.52. The number of nitrogens with zero attached hydrogens (tertiary/aromatic N) is 4. The number of hydrogen-bond acceptors (Lipinski definition) is 4. The SMILES string of the molecule is O=C(c1cc2cc(F)ccc2[nH]1)N1CCN(c2ncnc3[nH]ccc23)CC12CC2. The van der Waals surface area contributed by atoms with Crippen LogP contribution in [0.25, 0.3) is 21.9 Å². The first-order valence-corrected chi connectivity index (χ1v) is 9.76. The lowest BCUT2D eigenvalue weighted by Gasteiger charge is -2.42. The van der Waals surface area contributed by atoms with Crippen LogP contribution in [-0.2, 0) is 0 Å². The molecule has 0 unspecified atom stereocenters. The van der Waals surface area contributed by atoms with Gasteiger partial charge in [-0.1, -0.05) is 0 Å². The normalized spacial score (nSPS) is 18.1. The highest BCUT2D eigenvalue weighted by Crippen LogP contribution is 2.46. The van der Waals surface area contributed by atoms with Crippen molar-refractivity contribution >= 4 is 33.7 Å². The molecule has 8 heteroatoms. The van der Waals surface area contributed by atoms with Crippen LogP contribution in [0.15, 0.2) is 42.9 Å². The maximum atomic E-state index is 13.5. The third kappa shape index (κ3) is 2.52. The van der Waals surface area contributed by atoms with Gasteiger partial charge in [-0.25, -0.2) is 14.4 Å². The monoisotopic (exact) mass is 390 g/mol. The molecule has 1 amide bonds. The van der Waals surface area contributed by atoms with Crippen LogP contribution < -0.4 is 4.90 Å². The average Bonchev–Trinajstić information content (AvgIpc) is 3.16. The molecular formula is C21H19FN6O. The van der Waals surface area contributed by atoms with Gasteiger partial charge in [0.1, 0.15) is 29.3 Å². The highest BCUT2D eigenvalue weighted by molar-refractivity contribution is 5.99. The average molecular weight is 390 g/mol. The molecule has 4 aromatic rings. The maximum Gasteiger partial charge on any atom is 0.270 e. The number of hydrogen-bond donors (Lipinski definition) is 2. The van der Waals surface area contributed by atoms with Gasteiger partial charge < -0.3 is 19.8 Å². The molecule has 1 aromatic carbocycles. The Morgan fingerprint density at radius 2 is 2.03 bits per heavy atom. The lowest BCUT2D eigenvalue weighted by Crippen LogP contribution is -2.57. The van der Waals surface area contributed by atoms with Crippen LogP contribution in [0.5, 0.6) is 0 Å². The van der Waals surface area contributed by atoms with Gasteiger partial charge in [0.05, 0.1) is 10.9 Å². The highest BCUT2D eigenvalue weighted by Gasteiger charge is 2.53. The molecule has 6 rings (SSSR count). The van der Waals surface area contributed by atoms with Crippen LogP contribution in [0.3, 0.4) is 0 Å². The van der Waals surface area contributed by atoms with E-state index in [4.69, 9.17) is 0 Å². The third-order valence-electron chi connectivity index (χ3n) is 6.17. The molecule has 2 aliphatic rings. The minimum atomic E-state index is -0.302. The highest BCUT2D eigenvalue weighted by atomic mass is 19.1. The molecule has 2 fully saturated rings. The Morgan fingerprint density at radius 1 is 1.14 bits per heavy atom. The number of anilines is 1. The van der Waals surface area contributed by atoms with E-state index in [0.717, 1.165) is 41.8 Å². The van der Waals surface area contributed by atoms with E-state index < -0.39 is 0 Å². The molecule has 7 nitrogen and oxygen atoms in total. The molecule has 0 radical (unpaired) electrons. The van der Waals surface area contributed by atoms with Crippen LogP contribution in [0.1, 0.15) is 23.3 Å². The zero-order valence-electron chi connectivity index (χ0n) is 15.7. The van der Waals surface area contributed by atoms with Crippen LogP contribution in [-0.4, -0.2) is 55.9 Å². The molecule has 0 atom stereocenters. The summed E-state index contributed by atoms with van der Waals surface area (Å²) in [7, 11) is 0. The second-order valence-corrected chi connectivity index (χ2v) is 7.95. The van der Waals surface area contributed by atoms with Gasteiger partial charge in [-0.2, -0.15) is 0 Å². The summed E-state index contributed by atoms with van der Waals surface area (Å²) >= 11 is 0. The van der Waals surface area contributed by atoms with Gasteiger partial charge in [-0.05, 0) is 43.2 Å². The molecule has 1 aliphatic carbocycles. The minimum Gasteiger partial charge on any atom is -0.352 e. The maximum absolute atomic E-state index is 13.5. The summed E-state index contributed by atoms with van der Waals surface area (Å²) in [5.74, 6) is 0.590. The fraction of sp³-hybridized carbons (Fsp3) is 0.286. The Morgan fingerprint density at radius 3 is 2.90 bits per heavy atom. The zero-order chi connectivity index (χ0) is 19.6. The van der Waals surface area contributed by atoms with Crippen LogP contribution in [0.2, 0.25) is 0 Å². The number of amides is 1. The number of aromatic amines is 2. The molecule has 1 aliphatic heterocycles. The Balaban J connectivity index is 1.29. The molecule has 1 spiro atoms. The second kappa shape index (κ2) is 5.79. The number of carbonyl (C=O) groups excluding carboxylic acids is 1. The predicted molar refractivity (Wildman–Crippen MR) is 107 cm³/mol. The van der Waals surface area contributed by atoms with Crippen molar-refractivity contribution in [1.29, 1.82) is 0 Å². The second-order valence-electron chi connectivity index (χ2n) is 7.95. The van der Waals surface area contributed by atoms with Crippen molar-refractivity contribution < 1.29 is 9.18 Å². The molecular weight excluding hydrogens is 371 g/mol. The number of rotatable bonds is 2. The van der Waals surface area contributed by atoms with Gasteiger partial charge in [-0.3, -0.25) is 4.79 Å². The fourth-order valence-corrected chi connectivity index (χ4v) is 4.52. The summed E-state index contributed by atoms with van der Waals surface area (Å²) < 4.78 is 13.5. The van der Waals surface area contributed by atoms with E-state index in [9.17, 15) is 9.18 Å². The van der Waals surface area contributed by atoms with Crippen LogP contribution >= 0.6 is 0 Å². The first-order chi connectivity index (χ1) is 14.1. The van der Waals surface area contributed by atoms with E-state index in [1.54, 1.807) is 18.5 Å². The Kier molecular flexibility index (Phi) is 3.30. The van der Waals surface area contributed by atoms with Gasteiger partial charge in [0, 0.05) is 36.7 Å². The summed E-state index contributed by atoms with van der Waals surface area (Å²) in [5.41, 5.74) is 1.95. The standard InChI is InChI=1S/C21H19FN6O/c22-14-1-2-16-13(9-14)10-17(26-16)20(29)28-8-7-27(11-21(28)4-5-21)19-15-3-6-23-18(15)24-12-25-19/h1-3,6,9-10,12,26H,4-5,7-8,11H2,(H,23,24,25). The molecule has 146 valence electrons. The summed E-state index contributed by atoms with van der Waals surface area (Å²) in [6.45, 7) is 2.09. The number of halogens is 1. The number of aromatic nitrogens is 4. The van der Waals surface area contributed by atoms with Crippen molar-refractivity contribution in [2.24, 2.45) is 0 Å². The molecule has 1 saturated carbocycles. The number of benzene rings is 1. The van der Waals surface area contributed by atoms with E-state index in [0.29, 0.717) is 24.2 Å². The molecule has 2 N–H and O–H groups in total. The number of carbonyl (C=O) groups is 1. The number of fused-ring (bicyclic) bond motifs is 2.